The number of rotatable bonds is 7. The lowest BCUT2D eigenvalue weighted by atomic mass is 10.2. The van der Waals surface area contributed by atoms with Gasteiger partial charge in [0.05, 0.1) is 38.1 Å². The number of nitrogens with one attached hydrogen (secondary N) is 2. The second-order valence-electron chi connectivity index (χ2n) is 7.37. The Bertz CT molecular complexity index is 1010. The summed E-state index contributed by atoms with van der Waals surface area (Å²) in [7, 11) is 0. The summed E-state index contributed by atoms with van der Waals surface area (Å²) in [6, 6.07) is 16.8. The summed E-state index contributed by atoms with van der Waals surface area (Å²) in [4.78, 5) is 26.6. The smallest absolute Gasteiger partial charge is 0.238 e. The first kappa shape index (κ1) is 20.8. The number of para-hydroxylation sites is 1. The van der Waals surface area contributed by atoms with Crippen molar-refractivity contribution in [2.24, 2.45) is 0 Å². The van der Waals surface area contributed by atoms with Crippen LogP contribution in [0.1, 0.15) is 5.56 Å². The molecule has 0 unspecified atom stereocenters. The molecule has 0 saturated carbocycles. The lowest BCUT2D eigenvalue weighted by Gasteiger charge is -2.25. The first-order valence-electron chi connectivity index (χ1n) is 10.2. The van der Waals surface area contributed by atoms with Crippen LogP contribution in [-0.2, 0) is 20.7 Å². The first-order valence-corrected chi connectivity index (χ1v) is 10.2. The van der Waals surface area contributed by atoms with Gasteiger partial charge in [-0.25, -0.2) is 4.68 Å². The van der Waals surface area contributed by atoms with Crippen molar-refractivity contribution in [1.29, 1.82) is 0 Å². The molecule has 0 spiro atoms. The standard InChI is InChI=1S/C23H25N5O3/c29-22(14-18-15-24-28(16-18)21-4-2-1-3-5-21)25-19-6-8-20(9-7-19)26-23(30)17-27-10-12-31-13-11-27/h1-9,15-16H,10-14,17H2,(H,25,29)(H,26,30). The lowest BCUT2D eigenvalue weighted by Crippen LogP contribution is -2.41. The third kappa shape index (κ3) is 6.00. The van der Waals surface area contributed by atoms with Gasteiger partial charge in [0.1, 0.15) is 0 Å². The minimum atomic E-state index is -0.128. The van der Waals surface area contributed by atoms with E-state index in [-0.39, 0.29) is 18.2 Å². The van der Waals surface area contributed by atoms with Crippen molar-refractivity contribution in [3.05, 3.63) is 72.6 Å². The van der Waals surface area contributed by atoms with Crippen molar-refractivity contribution in [3.8, 4) is 5.69 Å². The van der Waals surface area contributed by atoms with Crippen molar-refractivity contribution in [2.45, 2.75) is 6.42 Å². The number of carbonyl (C=O) groups excluding carboxylic acids is 2. The van der Waals surface area contributed by atoms with Gasteiger partial charge in [0.25, 0.3) is 0 Å². The van der Waals surface area contributed by atoms with Gasteiger partial charge in [-0.3, -0.25) is 14.5 Å². The Labute approximate surface area is 180 Å². The largest absolute Gasteiger partial charge is 0.379 e. The van der Waals surface area contributed by atoms with Crippen LogP contribution < -0.4 is 10.6 Å². The Hall–Kier alpha value is -3.49. The summed E-state index contributed by atoms with van der Waals surface area (Å²) in [5.74, 6) is -0.189. The SMILES string of the molecule is O=C(Cc1cnn(-c2ccccc2)c1)Nc1ccc(NC(=O)CN2CCOCC2)cc1. The molecule has 2 heterocycles. The fourth-order valence-corrected chi connectivity index (χ4v) is 3.36. The minimum Gasteiger partial charge on any atom is -0.379 e. The zero-order valence-electron chi connectivity index (χ0n) is 17.2. The van der Waals surface area contributed by atoms with E-state index in [0.29, 0.717) is 31.1 Å². The molecule has 160 valence electrons. The second kappa shape index (κ2) is 10.0. The summed E-state index contributed by atoms with van der Waals surface area (Å²) in [6.07, 6.45) is 3.77. The van der Waals surface area contributed by atoms with Crippen molar-refractivity contribution in [1.82, 2.24) is 14.7 Å². The maximum Gasteiger partial charge on any atom is 0.238 e. The molecule has 1 aromatic heterocycles. The molecular formula is C23H25N5O3. The highest BCUT2D eigenvalue weighted by Gasteiger charge is 2.14. The molecule has 3 aromatic rings. The van der Waals surface area contributed by atoms with Crippen LogP contribution in [0.25, 0.3) is 5.69 Å². The predicted octanol–water partition coefficient (Wildman–Crippen LogP) is 2.32. The van der Waals surface area contributed by atoms with E-state index >= 15 is 0 Å². The Morgan fingerprint density at radius 1 is 0.903 bits per heavy atom. The van der Waals surface area contributed by atoms with Gasteiger partial charge in [-0.1, -0.05) is 18.2 Å². The number of amides is 2. The number of nitrogens with zero attached hydrogens (tertiary/aromatic N) is 3. The fourth-order valence-electron chi connectivity index (χ4n) is 3.36. The highest BCUT2D eigenvalue weighted by atomic mass is 16.5. The molecule has 2 aromatic carbocycles. The van der Waals surface area contributed by atoms with Gasteiger partial charge in [-0.15, -0.1) is 0 Å². The van der Waals surface area contributed by atoms with Crippen molar-refractivity contribution in [2.75, 3.05) is 43.5 Å². The lowest BCUT2D eigenvalue weighted by molar-refractivity contribution is -0.118. The van der Waals surface area contributed by atoms with Crippen molar-refractivity contribution in [3.63, 3.8) is 0 Å². The molecule has 1 aliphatic heterocycles. The molecule has 2 N–H and O–H groups in total. The van der Waals surface area contributed by atoms with E-state index in [2.05, 4.69) is 20.6 Å². The molecule has 0 bridgehead atoms. The monoisotopic (exact) mass is 419 g/mol. The minimum absolute atomic E-state index is 0.0610. The zero-order valence-corrected chi connectivity index (χ0v) is 17.2. The van der Waals surface area contributed by atoms with Crippen LogP contribution >= 0.6 is 0 Å². The summed E-state index contributed by atoms with van der Waals surface area (Å²) in [5.41, 5.74) is 3.14. The van der Waals surface area contributed by atoms with Gasteiger partial charge in [-0.2, -0.15) is 5.10 Å². The van der Waals surface area contributed by atoms with Crippen LogP contribution in [0, 0.1) is 0 Å². The fraction of sp³-hybridized carbons (Fsp3) is 0.261. The van der Waals surface area contributed by atoms with Gasteiger partial charge in [-0.05, 0) is 42.0 Å². The molecule has 0 radical (unpaired) electrons. The summed E-state index contributed by atoms with van der Waals surface area (Å²) in [6.45, 7) is 3.20. The third-order valence-electron chi connectivity index (χ3n) is 4.94. The molecule has 1 saturated heterocycles. The molecule has 0 aliphatic carbocycles. The molecule has 1 fully saturated rings. The van der Waals surface area contributed by atoms with Crippen LogP contribution in [0.5, 0.6) is 0 Å². The number of anilines is 2. The number of hydrogen-bond acceptors (Lipinski definition) is 5. The van der Waals surface area contributed by atoms with Crippen LogP contribution in [0.2, 0.25) is 0 Å². The summed E-state index contributed by atoms with van der Waals surface area (Å²) < 4.78 is 7.04. The molecule has 0 atom stereocenters. The highest BCUT2D eigenvalue weighted by molar-refractivity contribution is 5.94. The van der Waals surface area contributed by atoms with Gasteiger partial charge in [0, 0.05) is 30.7 Å². The van der Waals surface area contributed by atoms with Gasteiger partial charge in [0.2, 0.25) is 11.8 Å². The molecule has 2 amide bonds. The van der Waals surface area contributed by atoms with Gasteiger partial charge >= 0.3 is 0 Å². The normalized spacial score (nSPS) is 14.2. The Morgan fingerprint density at radius 3 is 2.23 bits per heavy atom. The molecule has 1 aliphatic rings. The van der Waals surface area contributed by atoms with E-state index in [9.17, 15) is 9.59 Å². The molecule has 31 heavy (non-hydrogen) atoms. The van der Waals surface area contributed by atoms with E-state index in [0.717, 1.165) is 24.3 Å². The summed E-state index contributed by atoms with van der Waals surface area (Å²) in [5, 5.41) is 10.1. The number of ether oxygens (including phenoxy) is 1. The Kier molecular flexibility index (Phi) is 6.71. The van der Waals surface area contributed by atoms with Crippen LogP contribution in [0.4, 0.5) is 11.4 Å². The highest BCUT2D eigenvalue weighted by Crippen LogP contribution is 2.15. The van der Waals surface area contributed by atoms with E-state index in [1.807, 2.05) is 36.5 Å². The van der Waals surface area contributed by atoms with Crippen LogP contribution in [0.15, 0.2) is 67.0 Å². The number of carbonyl (C=O) groups is 2. The molecule has 8 nitrogen and oxygen atoms in total. The molecule has 8 heteroatoms. The average Bonchev–Trinajstić information content (AvgIpc) is 3.25. The van der Waals surface area contributed by atoms with E-state index in [4.69, 9.17) is 4.74 Å². The molecule has 4 rings (SSSR count). The third-order valence-corrected chi connectivity index (χ3v) is 4.94. The Morgan fingerprint density at radius 2 is 1.55 bits per heavy atom. The van der Waals surface area contributed by atoms with E-state index in [1.54, 1.807) is 35.1 Å². The van der Waals surface area contributed by atoms with Crippen molar-refractivity contribution >= 4 is 23.2 Å². The van der Waals surface area contributed by atoms with Crippen LogP contribution in [-0.4, -0.2) is 59.3 Å². The summed E-state index contributed by atoms with van der Waals surface area (Å²) >= 11 is 0. The second-order valence-corrected chi connectivity index (χ2v) is 7.37. The van der Waals surface area contributed by atoms with E-state index < -0.39 is 0 Å². The first-order chi connectivity index (χ1) is 15.2. The van der Waals surface area contributed by atoms with Gasteiger partial charge in [0.15, 0.2) is 0 Å². The quantitative estimate of drug-likeness (QED) is 0.614. The maximum absolute atomic E-state index is 12.4. The topological polar surface area (TPSA) is 88.5 Å². The number of morpholine rings is 1. The number of hydrogen-bond donors (Lipinski definition) is 2. The Balaban J connectivity index is 1.26. The average molecular weight is 419 g/mol. The number of aromatic nitrogens is 2. The zero-order chi connectivity index (χ0) is 21.5. The van der Waals surface area contributed by atoms with Crippen molar-refractivity contribution < 1.29 is 14.3 Å². The number of benzene rings is 2. The predicted molar refractivity (Wildman–Crippen MR) is 118 cm³/mol. The molecular weight excluding hydrogens is 394 g/mol. The van der Waals surface area contributed by atoms with Crippen LogP contribution in [0.3, 0.4) is 0 Å². The van der Waals surface area contributed by atoms with E-state index in [1.165, 1.54) is 0 Å². The van der Waals surface area contributed by atoms with Gasteiger partial charge < -0.3 is 15.4 Å². The maximum atomic E-state index is 12.4.